The molecular formula is C27H22N2O7. The zero-order valence-electron chi connectivity index (χ0n) is 19.5. The van der Waals surface area contributed by atoms with E-state index in [9.17, 15) is 29.6 Å². The lowest BCUT2D eigenvalue weighted by Crippen LogP contribution is -2.29. The van der Waals surface area contributed by atoms with Gasteiger partial charge in [-0.2, -0.15) is 0 Å². The zero-order chi connectivity index (χ0) is 26.0. The molecule has 1 unspecified atom stereocenters. The van der Waals surface area contributed by atoms with Gasteiger partial charge in [0.1, 0.15) is 11.5 Å². The highest BCUT2D eigenvalue weighted by Crippen LogP contribution is 2.42. The van der Waals surface area contributed by atoms with Gasteiger partial charge < -0.3 is 9.84 Å². The van der Waals surface area contributed by atoms with Gasteiger partial charge in [0.2, 0.25) is 0 Å². The number of benzene rings is 3. The van der Waals surface area contributed by atoms with Crippen LogP contribution in [0.15, 0.2) is 78.4 Å². The monoisotopic (exact) mass is 486 g/mol. The van der Waals surface area contributed by atoms with E-state index in [1.807, 2.05) is 19.1 Å². The van der Waals surface area contributed by atoms with Crippen molar-refractivity contribution in [3.8, 4) is 5.75 Å². The van der Waals surface area contributed by atoms with Crippen LogP contribution >= 0.6 is 0 Å². The molecule has 0 radical (unpaired) electrons. The van der Waals surface area contributed by atoms with Crippen molar-refractivity contribution in [2.75, 3.05) is 4.90 Å². The second-order valence-corrected chi connectivity index (χ2v) is 8.16. The highest BCUT2D eigenvalue weighted by atomic mass is 16.6. The average molecular weight is 486 g/mol. The van der Waals surface area contributed by atoms with Crippen LogP contribution < -0.4 is 9.64 Å². The first-order chi connectivity index (χ1) is 17.2. The molecule has 9 heteroatoms. The number of ketones is 1. The van der Waals surface area contributed by atoms with Crippen molar-refractivity contribution in [2.24, 2.45) is 0 Å². The van der Waals surface area contributed by atoms with Crippen molar-refractivity contribution in [1.29, 1.82) is 0 Å². The Morgan fingerprint density at radius 3 is 2.14 bits per heavy atom. The lowest BCUT2D eigenvalue weighted by atomic mass is 9.95. The van der Waals surface area contributed by atoms with E-state index in [1.165, 1.54) is 48.2 Å². The Morgan fingerprint density at radius 2 is 1.61 bits per heavy atom. The number of nitro benzene ring substituents is 1. The number of Topliss-reactive ketones (excluding diaryl/α,β-unsaturated/α-hetero) is 1. The number of rotatable bonds is 6. The van der Waals surface area contributed by atoms with E-state index in [2.05, 4.69) is 0 Å². The van der Waals surface area contributed by atoms with Gasteiger partial charge in [0.25, 0.3) is 17.4 Å². The lowest BCUT2D eigenvalue weighted by molar-refractivity contribution is -0.384. The minimum absolute atomic E-state index is 0.154. The van der Waals surface area contributed by atoms with Gasteiger partial charge >= 0.3 is 5.97 Å². The van der Waals surface area contributed by atoms with Crippen LogP contribution in [-0.4, -0.2) is 27.7 Å². The first-order valence-corrected chi connectivity index (χ1v) is 11.1. The predicted molar refractivity (Wildman–Crippen MR) is 131 cm³/mol. The highest BCUT2D eigenvalue weighted by Gasteiger charge is 2.47. The summed E-state index contributed by atoms with van der Waals surface area (Å²) in [6.07, 6.45) is 0.792. The van der Waals surface area contributed by atoms with Crippen LogP contribution in [0.2, 0.25) is 0 Å². The number of ether oxygens (including phenoxy) is 1. The topological polar surface area (TPSA) is 127 Å². The molecule has 1 N–H and O–H groups in total. The number of aliphatic hydroxyl groups excluding tert-OH is 1. The van der Waals surface area contributed by atoms with Gasteiger partial charge in [-0.15, -0.1) is 0 Å². The van der Waals surface area contributed by atoms with E-state index in [-0.39, 0.29) is 22.6 Å². The summed E-state index contributed by atoms with van der Waals surface area (Å²) in [4.78, 5) is 49.5. The number of esters is 1. The first-order valence-electron chi connectivity index (χ1n) is 11.1. The van der Waals surface area contributed by atoms with E-state index in [0.29, 0.717) is 11.3 Å². The summed E-state index contributed by atoms with van der Waals surface area (Å²) >= 11 is 0. The van der Waals surface area contributed by atoms with Crippen molar-refractivity contribution >= 4 is 34.8 Å². The molecule has 0 aliphatic carbocycles. The van der Waals surface area contributed by atoms with E-state index >= 15 is 0 Å². The summed E-state index contributed by atoms with van der Waals surface area (Å²) in [6, 6.07) is 17.5. The van der Waals surface area contributed by atoms with Crippen molar-refractivity contribution < 1.29 is 29.2 Å². The molecule has 9 nitrogen and oxygen atoms in total. The van der Waals surface area contributed by atoms with Crippen LogP contribution in [0.3, 0.4) is 0 Å². The normalized spacial score (nSPS) is 16.7. The van der Waals surface area contributed by atoms with Crippen LogP contribution in [0.5, 0.6) is 5.75 Å². The van der Waals surface area contributed by atoms with Crippen molar-refractivity contribution in [2.45, 2.75) is 26.3 Å². The second-order valence-electron chi connectivity index (χ2n) is 8.16. The second kappa shape index (κ2) is 9.83. The average Bonchev–Trinajstić information content (AvgIpc) is 3.14. The van der Waals surface area contributed by atoms with Gasteiger partial charge in [-0.25, -0.2) is 0 Å². The van der Waals surface area contributed by atoms with Gasteiger partial charge in [0, 0.05) is 30.3 Å². The van der Waals surface area contributed by atoms with Gasteiger partial charge in [0.05, 0.1) is 16.5 Å². The Morgan fingerprint density at radius 1 is 1.00 bits per heavy atom. The fourth-order valence-electron chi connectivity index (χ4n) is 4.09. The molecule has 0 bridgehead atoms. The number of non-ortho nitro benzene ring substituents is 1. The standard InChI is InChI=1S/C27H22N2O7/c1-3-17-4-10-20(11-5-17)28-24(18-8-14-22(15-9-18)36-16(2)30)23(26(32)27(28)33)25(31)19-6-12-21(13-7-19)29(34)35/h4-15,24,31H,3H2,1-2H3/b25-23-. The van der Waals surface area contributed by atoms with Crippen molar-refractivity contribution in [1.82, 2.24) is 0 Å². The molecule has 36 heavy (non-hydrogen) atoms. The number of carbonyl (C=O) groups excluding carboxylic acids is 3. The van der Waals surface area contributed by atoms with Crippen LogP contribution in [0.25, 0.3) is 5.76 Å². The maximum atomic E-state index is 13.2. The molecule has 0 aromatic heterocycles. The third-order valence-corrected chi connectivity index (χ3v) is 5.88. The SMILES string of the molecule is CCc1ccc(N2C(=O)C(=O)/C(=C(\O)c3ccc([N+](=O)[O-])cc3)C2c2ccc(OC(C)=O)cc2)cc1. The number of nitrogens with zero attached hydrogens (tertiary/aromatic N) is 2. The molecular weight excluding hydrogens is 464 g/mol. The summed E-state index contributed by atoms with van der Waals surface area (Å²) in [6.45, 7) is 3.27. The van der Waals surface area contributed by atoms with E-state index in [0.717, 1.165) is 12.0 Å². The van der Waals surface area contributed by atoms with Gasteiger partial charge in [-0.3, -0.25) is 29.4 Å². The largest absolute Gasteiger partial charge is 0.507 e. The molecule has 4 rings (SSSR count). The fourth-order valence-corrected chi connectivity index (χ4v) is 4.09. The molecule has 182 valence electrons. The third kappa shape index (κ3) is 4.58. The van der Waals surface area contributed by atoms with Gasteiger partial charge in [-0.1, -0.05) is 31.2 Å². The minimum atomic E-state index is -0.987. The number of aryl methyl sites for hydroxylation is 1. The molecule has 1 aliphatic rings. The predicted octanol–water partition coefficient (Wildman–Crippen LogP) is 4.71. The summed E-state index contributed by atoms with van der Waals surface area (Å²) in [5.41, 5.74) is 1.82. The molecule has 1 heterocycles. The maximum absolute atomic E-state index is 13.2. The Kier molecular flexibility index (Phi) is 6.64. The number of carbonyl (C=O) groups is 3. The summed E-state index contributed by atoms with van der Waals surface area (Å²) in [5.74, 6) is -2.38. The van der Waals surface area contributed by atoms with Crippen molar-refractivity contribution in [3.63, 3.8) is 0 Å². The Labute approximate surface area is 206 Å². The molecule has 1 aliphatic heterocycles. The summed E-state index contributed by atoms with van der Waals surface area (Å²) < 4.78 is 5.08. The highest BCUT2D eigenvalue weighted by molar-refractivity contribution is 6.51. The van der Waals surface area contributed by atoms with Gasteiger partial charge in [0.15, 0.2) is 0 Å². The Balaban J connectivity index is 1.87. The molecule has 0 saturated carbocycles. The number of hydrogen-bond donors (Lipinski definition) is 1. The lowest BCUT2D eigenvalue weighted by Gasteiger charge is -2.25. The molecule has 1 amide bonds. The Hall–Kier alpha value is -4.79. The molecule has 3 aromatic rings. The van der Waals surface area contributed by atoms with E-state index in [1.54, 1.807) is 24.3 Å². The Bertz CT molecular complexity index is 1380. The smallest absolute Gasteiger partial charge is 0.308 e. The summed E-state index contributed by atoms with van der Waals surface area (Å²) in [7, 11) is 0. The number of nitro groups is 1. The molecule has 3 aromatic carbocycles. The van der Waals surface area contributed by atoms with Gasteiger partial charge in [-0.05, 0) is 53.9 Å². The van der Waals surface area contributed by atoms with E-state index in [4.69, 9.17) is 4.74 Å². The number of amides is 1. The number of anilines is 1. The van der Waals surface area contributed by atoms with Crippen LogP contribution in [0, 0.1) is 10.1 Å². The van der Waals surface area contributed by atoms with Crippen LogP contribution in [0.1, 0.15) is 36.6 Å². The molecule has 1 saturated heterocycles. The van der Waals surface area contributed by atoms with Crippen LogP contribution in [0.4, 0.5) is 11.4 Å². The third-order valence-electron chi connectivity index (χ3n) is 5.88. The zero-order valence-corrected chi connectivity index (χ0v) is 19.5. The first kappa shape index (κ1) is 24.3. The number of hydrogen-bond acceptors (Lipinski definition) is 7. The van der Waals surface area contributed by atoms with Crippen molar-refractivity contribution in [3.05, 3.63) is 105 Å². The van der Waals surface area contributed by atoms with E-state index < -0.39 is 34.4 Å². The van der Waals surface area contributed by atoms with Crippen LogP contribution in [-0.2, 0) is 20.8 Å². The summed E-state index contributed by atoms with van der Waals surface area (Å²) in [5, 5.41) is 22.1. The quantitative estimate of drug-likeness (QED) is 0.102. The molecule has 1 fully saturated rings. The molecule has 1 atom stereocenters. The number of aliphatic hydroxyl groups is 1. The molecule has 0 spiro atoms. The fraction of sp³-hybridized carbons (Fsp3) is 0.148. The minimum Gasteiger partial charge on any atom is -0.507 e. The maximum Gasteiger partial charge on any atom is 0.308 e.